The van der Waals surface area contributed by atoms with Crippen LogP contribution < -0.4 is 10.1 Å². The van der Waals surface area contributed by atoms with Crippen LogP contribution in [0.25, 0.3) is 0 Å². The Kier molecular flexibility index (Phi) is 8.73. The smallest absolute Gasteiger partial charge is 0.288 e. The summed E-state index contributed by atoms with van der Waals surface area (Å²) >= 11 is 0.464. The maximum absolute atomic E-state index is 12.5. The molecule has 0 fully saturated rings. The first-order chi connectivity index (χ1) is 13.5. The SMILES string of the molecule is CCN(CC)C(CNC(=O)c1ccc(SC(F)F)cc1)c1cccc(OC)c1. The van der Waals surface area contributed by atoms with Gasteiger partial charge in [-0.25, -0.2) is 0 Å². The molecule has 152 valence electrons. The van der Waals surface area contributed by atoms with Crippen LogP contribution in [0.4, 0.5) is 8.78 Å². The van der Waals surface area contributed by atoms with Gasteiger partial charge in [0.15, 0.2) is 0 Å². The summed E-state index contributed by atoms with van der Waals surface area (Å²) in [5.41, 5.74) is 1.51. The van der Waals surface area contributed by atoms with E-state index in [1.807, 2.05) is 24.3 Å². The van der Waals surface area contributed by atoms with E-state index in [2.05, 4.69) is 24.1 Å². The number of methoxy groups -OCH3 is 1. The van der Waals surface area contributed by atoms with Gasteiger partial charge in [-0.2, -0.15) is 8.78 Å². The molecule has 1 N–H and O–H groups in total. The first-order valence-electron chi connectivity index (χ1n) is 9.19. The van der Waals surface area contributed by atoms with Gasteiger partial charge >= 0.3 is 0 Å². The number of likely N-dealkylation sites (N-methyl/N-ethyl adjacent to an activating group) is 1. The summed E-state index contributed by atoms with van der Waals surface area (Å²) < 4.78 is 30.2. The van der Waals surface area contributed by atoms with Gasteiger partial charge in [-0.05, 0) is 55.1 Å². The Morgan fingerprint density at radius 1 is 1.14 bits per heavy atom. The third-order valence-corrected chi connectivity index (χ3v) is 5.25. The monoisotopic (exact) mass is 408 g/mol. The van der Waals surface area contributed by atoms with Gasteiger partial charge in [-0.3, -0.25) is 9.69 Å². The van der Waals surface area contributed by atoms with Crippen molar-refractivity contribution in [2.75, 3.05) is 26.7 Å². The number of nitrogens with zero attached hydrogens (tertiary/aromatic N) is 1. The zero-order chi connectivity index (χ0) is 20.5. The van der Waals surface area contributed by atoms with Crippen molar-refractivity contribution < 1.29 is 18.3 Å². The zero-order valence-electron chi connectivity index (χ0n) is 16.3. The molecule has 28 heavy (non-hydrogen) atoms. The van der Waals surface area contributed by atoms with E-state index in [9.17, 15) is 13.6 Å². The number of hydrogen-bond donors (Lipinski definition) is 1. The number of carbonyl (C=O) groups excluding carboxylic acids is 1. The molecule has 0 aliphatic rings. The molecule has 1 atom stereocenters. The summed E-state index contributed by atoms with van der Waals surface area (Å²) in [7, 11) is 1.63. The number of rotatable bonds is 10. The normalized spacial score (nSPS) is 12.2. The molecule has 0 bridgehead atoms. The quantitative estimate of drug-likeness (QED) is 0.572. The van der Waals surface area contributed by atoms with Crippen molar-refractivity contribution >= 4 is 17.7 Å². The van der Waals surface area contributed by atoms with Gasteiger partial charge in [0.1, 0.15) is 5.75 Å². The van der Waals surface area contributed by atoms with E-state index in [1.165, 1.54) is 12.1 Å². The number of amides is 1. The number of nitrogens with one attached hydrogen (secondary N) is 1. The fourth-order valence-corrected chi connectivity index (χ4v) is 3.55. The highest BCUT2D eigenvalue weighted by atomic mass is 32.2. The first kappa shape index (κ1) is 22.2. The van der Waals surface area contributed by atoms with E-state index in [0.29, 0.717) is 28.8 Å². The van der Waals surface area contributed by atoms with E-state index in [-0.39, 0.29) is 11.9 Å². The van der Waals surface area contributed by atoms with Crippen LogP contribution in [-0.2, 0) is 0 Å². The highest BCUT2D eigenvalue weighted by Crippen LogP contribution is 2.26. The van der Waals surface area contributed by atoms with Crippen LogP contribution in [0.5, 0.6) is 5.75 Å². The largest absolute Gasteiger partial charge is 0.497 e. The number of carbonyl (C=O) groups is 1. The van der Waals surface area contributed by atoms with Crippen LogP contribution in [-0.4, -0.2) is 43.3 Å². The van der Waals surface area contributed by atoms with Crippen LogP contribution in [0, 0.1) is 0 Å². The second kappa shape index (κ2) is 11.0. The van der Waals surface area contributed by atoms with Crippen LogP contribution in [0.1, 0.15) is 35.8 Å². The van der Waals surface area contributed by atoms with Gasteiger partial charge in [0.25, 0.3) is 11.7 Å². The summed E-state index contributed by atoms with van der Waals surface area (Å²) in [6.45, 7) is 6.28. The third kappa shape index (κ3) is 6.21. The van der Waals surface area contributed by atoms with Gasteiger partial charge in [0, 0.05) is 17.0 Å². The summed E-state index contributed by atoms with van der Waals surface area (Å²) in [6, 6.07) is 14.0. The molecule has 0 aliphatic carbocycles. The van der Waals surface area contributed by atoms with E-state index in [1.54, 1.807) is 19.2 Å². The lowest BCUT2D eigenvalue weighted by Gasteiger charge is -2.30. The summed E-state index contributed by atoms with van der Waals surface area (Å²) in [5.74, 6) is -1.93. The van der Waals surface area contributed by atoms with Gasteiger partial charge in [-0.1, -0.05) is 37.7 Å². The van der Waals surface area contributed by atoms with E-state index in [4.69, 9.17) is 4.74 Å². The van der Waals surface area contributed by atoms with E-state index >= 15 is 0 Å². The number of benzene rings is 2. The Morgan fingerprint density at radius 2 is 1.82 bits per heavy atom. The molecule has 0 saturated carbocycles. The lowest BCUT2D eigenvalue weighted by Crippen LogP contribution is -2.38. The molecule has 1 amide bonds. The van der Waals surface area contributed by atoms with Gasteiger partial charge < -0.3 is 10.1 Å². The summed E-state index contributed by atoms with van der Waals surface area (Å²) in [5, 5.41) is 2.97. The zero-order valence-corrected chi connectivity index (χ0v) is 17.1. The van der Waals surface area contributed by atoms with Crippen molar-refractivity contribution in [3.63, 3.8) is 0 Å². The highest BCUT2D eigenvalue weighted by molar-refractivity contribution is 7.99. The molecule has 0 aliphatic heterocycles. The Labute approximate surface area is 169 Å². The molecule has 2 aromatic carbocycles. The lowest BCUT2D eigenvalue weighted by molar-refractivity contribution is 0.0935. The summed E-state index contributed by atoms with van der Waals surface area (Å²) in [6.07, 6.45) is 0. The van der Waals surface area contributed by atoms with Crippen molar-refractivity contribution in [1.29, 1.82) is 0 Å². The fourth-order valence-electron chi connectivity index (χ4n) is 3.05. The highest BCUT2D eigenvalue weighted by Gasteiger charge is 2.20. The number of ether oxygens (including phenoxy) is 1. The maximum Gasteiger partial charge on any atom is 0.288 e. The van der Waals surface area contributed by atoms with Crippen LogP contribution >= 0.6 is 11.8 Å². The molecule has 0 aromatic heterocycles. The number of alkyl halides is 2. The molecule has 7 heteroatoms. The molecular formula is C21H26F2N2O2S. The first-order valence-corrected chi connectivity index (χ1v) is 10.1. The number of halogens is 2. The maximum atomic E-state index is 12.5. The second-order valence-electron chi connectivity index (χ2n) is 6.13. The van der Waals surface area contributed by atoms with E-state index in [0.717, 1.165) is 24.4 Å². The molecule has 1 unspecified atom stereocenters. The van der Waals surface area contributed by atoms with Crippen molar-refractivity contribution in [2.24, 2.45) is 0 Å². The summed E-state index contributed by atoms with van der Waals surface area (Å²) in [4.78, 5) is 15.2. The average Bonchev–Trinajstić information content (AvgIpc) is 2.71. The fraction of sp³-hybridized carbons (Fsp3) is 0.381. The van der Waals surface area contributed by atoms with Crippen molar-refractivity contribution in [3.05, 3.63) is 59.7 Å². The molecule has 2 aromatic rings. The Hall–Kier alpha value is -2.12. The molecular weight excluding hydrogens is 382 g/mol. The molecule has 2 rings (SSSR count). The average molecular weight is 409 g/mol. The van der Waals surface area contributed by atoms with Crippen LogP contribution in [0.2, 0.25) is 0 Å². The minimum atomic E-state index is -2.47. The van der Waals surface area contributed by atoms with Crippen molar-refractivity contribution in [3.8, 4) is 5.75 Å². The number of thioether (sulfide) groups is 1. The minimum Gasteiger partial charge on any atom is -0.497 e. The molecule has 0 heterocycles. The standard InChI is InChI=1S/C21H26F2N2O2S/c1-4-25(5-2)19(16-7-6-8-17(13-16)27-3)14-24-20(26)15-9-11-18(12-10-15)28-21(22)23/h6-13,19,21H,4-5,14H2,1-3H3,(H,24,26). The lowest BCUT2D eigenvalue weighted by atomic mass is 10.0. The molecule has 0 saturated heterocycles. The third-order valence-electron chi connectivity index (χ3n) is 4.53. The van der Waals surface area contributed by atoms with Crippen molar-refractivity contribution in [1.82, 2.24) is 10.2 Å². The molecule has 0 radical (unpaired) electrons. The Balaban J connectivity index is 2.10. The van der Waals surface area contributed by atoms with Crippen LogP contribution in [0.15, 0.2) is 53.4 Å². The van der Waals surface area contributed by atoms with E-state index < -0.39 is 5.76 Å². The van der Waals surface area contributed by atoms with Gasteiger partial charge in [0.05, 0.1) is 13.2 Å². The molecule has 0 spiro atoms. The number of hydrogen-bond acceptors (Lipinski definition) is 4. The Morgan fingerprint density at radius 3 is 2.39 bits per heavy atom. The predicted molar refractivity (Wildman–Crippen MR) is 109 cm³/mol. The predicted octanol–water partition coefficient (Wildman–Crippen LogP) is 4.82. The second-order valence-corrected chi connectivity index (χ2v) is 7.19. The topological polar surface area (TPSA) is 41.6 Å². The molecule has 4 nitrogen and oxygen atoms in total. The van der Waals surface area contributed by atoms with Gasteiger partial charge in [-0.15, -0.1) is 0 Å². The van der Waals surface area contributed by atoms with Crippen LogP contribution in [0.3, 0.4) is 0 Å². The van der Waals surface area contributed by atoms with Crippen molar-refractivity contribution in [2.45, 2.75) is 30.5 Å². The van der Waals surface area contributed by atoms with Gasteiger partial charge in [0.2, 0.25) is 0 Å². The Bertz CT molecular complexity index is 752. The minimum absolute atomic E-state index is 0.00251.